The monoisotopic (exact) mass is 523 g/mol. The molecule has 1 aromatic heterocycles. The number of carbonyl (C=O) groups excluding carboxylic acids is 2. The quantitative estimate of drug-likeness (QED) is 0.243. The number of carbonyl (C=O) groups is 2. The molecule has 0 bridgehead atoms. The molecule has 2 aromatic carbocycles. The summed E-state index contributed by atoms with van der Waals surface area (Å²) < 4.78 is 8.56. The highest BCUT2D eigenvalue weighted by atomic mass is 79.9. The number of hydrogen-bond donors (Lipinski definition) is 1. The van der Waals surface area contributed by atoms with E-state index in [0.717, 1.165) is 10.9 Å². The number of likely N-dealkylation sites (tertiary alicyclic amines) is 1. The molecule has 1 fully saturated rings. The molecule has 0 saturated carbocycles. The lowest BCUT2D eigenvalue weighted by molar-refractivity contribution is -0.139. The zero-order chi connectivity index (χ0) is 24.1. The summed E-state index contributed by atoms with van der Waals surface area (Å²) in [7, 11) is 0. The number of hydrogen-bond acceptors (Lipinski definition) is 5. The lowest BCUT2D eigenvalue weighted by Crippen LogP contribution is -2.31. The number of aliphatic hydroxyl groups is 1. The molecule has 1 amide bonds. The fourth-order valence-electron chi connectivity index (χ4n) is 4.06. The van der Waals surface area contributed by atoms with E-state index in [1.165, 1.54) is 0 Å². The van der Waals surface area contributed by atoms with Crippen molar-refractivity contribution in [1.82, 2.24) is 14.5 Å². The molecule has 1 aliphatic heterocycles. The van der Waals surface area contributed by atoms with Crippen LogP contribution in [0, 0.1) is 0 Å². The van der Waals surface area contributed by atoms with Crippen molar-refractivity contribution in [2.45, 2.75) is 32.4 Å². The molecule has 0 spiro atoms. The number of imidazole rings is 1. The van der Waals surface area contributed by atoms with Crippen molar-refractivity contribution in [1.29, 1.82) is 0 Å². The number of ketones is 1. The zero-order valence-electron chi connectivity index (χ0n) is 18.9. The zero-order valence-corrected chi connectivity index (χ0v) is 20.4. The van der Waals surface area contributed by atoms with E-state index in [1.807, 2.05) is 42.0 Å². The Bertz CT molecular complexity index is 1190. The first-order valence-electron chi connectivity index (χ1n) is 11.2. The maximum Gasteiger partial charge on any atom is 0.295 e. The number of aromatic nitrogens is 2. The number of halogens is 1. The van der Waals surface area contributed by atoms with Crippen LogP contribution in [0.4, 0.5) is 0 Å². The van der Waals surface area contributed by atoms with Gasteiger partial charge in [-0.05, 0) is 42.7 Å². The Kier molecular flexibility index (Phi) is 7.47. The van der Waals surface area contributed by atoms with Crippen molar-refractivity contribution in [3.8, 4) is 5.75 Å². The maximum absolute atomic E-state index is 13.2. The smallest absolute Gasteiger partial charge is 0.295 e. The molecule has 1 atom stereocenters. The van der Waals surface area contributed by atoms with Crippen molar-refractivity contribution < 1.29 is 19.4 Å². The molecule has 1 aliphatic rings. The summed E-state index contributed by atoms with van der Waals surface area (Å²) in [6.07, 6.45) is 6.76. The van der Waals surface area contributed by atoms with Gasteiger partial charge >= 0.3 is 0 Å². The number of amides is 1. The average Bonchev–Trinajstić information content (AvgIpc) is 3.45. The second-order valence-electron chi connectivity index (χ2n) is 8.07. The Balaban J connectivity index is 1.73. The van der Waals surface area contributed by atoms with E-state index in [9.17, 15) is 14.7 Å². The van der Waals surface area contributed by atoms with Gasteiger partial charge in [0.25, 0.3) is 11.7 Å². The molecule has 1 N–H and O–H groups in total. The number of aliphatic hydroxyl groups excluding tert-OH is 1. The van der Waals surface area contributed by atoms with Crippen LogP contribution in [-0.4, -0.2) is 44.4 Å². The highest BCUT2D eigenvalue weighted by Gasteiger charge is 2.45. The minimum Gasteiger partial charge on any atom is -0.507 e. The average molecular weight is 524 g/mol. The third kappa shape index (κ3) is 5.07. The second-order valence-corrected chi connectivity index (χ2v) is 8.99. The van der Waals surface area contributed by atoms with Gasteiger partial charge in [-0.25, -0.2) is 4.98 Å². The topological polar surface area (TPSA) is 84.7 Å². The van der Waals surface area contributed by atoms with E-state index in [4.69, 9.17) is 4.74 Å². The molecule has 0 aliphatic carbocycles. The SMILES string of the molecule is CCCOc1cccc([C@H]2C(=C(O)c3ccc(Br)cc3)C(=O)C(=O)N2CCCn2ccnc2)c1. The number of Topliss-reactive ketones (excluding diaryl/α,β-unsaturated/α-hetero) is 1. The number of benzene rings is 2. The normalized spacial score (nSPS) is 17.4. The summed E-state index contributed by atoms with van der Waals surface area (Å²) in [5, 5.41) is 11.2. The van der Waals surface area contributed by atoms with Gasteiger partial charge in [0.1, 0.15) is 11.5 Å². The summed E-state index contributed by atoms with van der Waals surface area (Å²) in [4.78, 5) is 31.9. The Morgan fingerprint density at radius 3 is 2.65 bits per heavy atom. The van der Waals surface area contributed by atoms with Crippen LogP contribution < -0.4 is 4.74 Å². The van der Waals surface area contributed by atoms with Crippen molar-refractivity contribution in [2.24, 2.45) is 0 Å². The molecule has 2 heterocycles. The fraction of sp³-hybridized carbons (Fsp3) is 0.269. The van der Waals surface area contributed by atoms with E-state index >= 15 is 0 Å². The Hall–Kier alpha value is -3.39. The predicted octanol–water partition coefficient (Wildman–Crippen LogP) is 4.95. The minimum absolute atomic E-state index is 0.0857. The second kappa shape index (κ2) is 10.7. The van der Waals surface area contributed by atoms with E-state index in [-0.39, 0.29) is 11.3 Å². The lowest BCUT2D eigenvalue weighted by Gasteiger charge is -2.26. The Labute approximate surface area is 206 Å². The van der Waals surface area contributed by atoms with Crippen molar-refractivity contribution in [2.75, 3.05) is 13.2 Å². The standard InChI is InChI=1S/C26H26BrN3O4/c1-2-15-34-21-6-3-5-19(16-21)23-22(24(31)18-7-9-20(27)10-8-18)25(32)26(33)30(23)13-4-12-29-14-11-28-17-29/h3,5-11,14,16-17,23,31H,2,4,12-13,15H2,1H3/t23-/m0/s1. The van der Waals surface area contributed by atoms with Crippen molar-refractivity contribution >= 4 is 33.4 Å². The summed E-state index contributed by atoms with van der Waals surface area (Å²) >= 11 is 3.38. The van der Waals surface area contributed by atoms with Crippen LogP contribution in [0.25, 0.3) is 5.76 Å². The van der Waals surface area contributed by atoms with Gasteiger partial charge in [0.15, 0.2) is 0 Å². The molecular formula is C26H26BrN3O4. The molecule has 8 heteroatoms. The van der Waals surface area contributed by atoms with Gasteiger partial charge in [0, 0.05) is 35.5 Å². The van der Waals surface area contributed by atoms with Crippen LogP contribution in [0.5, 0.6) is 5.75 Å². The fourth-order valence-corrected chi connectivity index (χ4v) is 4.32. The Morgan fingerprint density at radius 1 is 1.15 bits per heavy atom. The molecule has 0 radical (unpaired) electrons. The van der Waals surface area contributed by atoms with Crippen LogP contribution in [-0.2, 0) is 16.1 Å². The molecular weight excluding hydrogens is 498 g/mol. The maximum atomic E-state index is 13.2. The number of aryl methyl sites for hydroxylation is 1. The van der Waals surface area contributed by atoms with Gasteiger partial charge in [-0.2, -0.15) is 0 Å². The largest absolute Gasteiger partial charge is 0.507 e. The molecule has 176 valence electrons. The molecule has 4 rings (SSSR count). The van der Waals surface area contributed by atoms with Crippen LogP contribution in [0.3, 0.4) is 0 Å². The third-order valence-electron chi connectivity index (χ3n) is 5.68. The number of nitrogens with zero attached hydrogens (tertiary/aromatic N) is 3. The van der Waals surface area contributed by atoms with Crippen molar-refractivity contribution in [3.05, 3.63) is 88.4 Å². The number of rotatable bonds is 9. The highest BCUT2D eigenvalue weighted by molar-refractivity contribution is 9.10. The van der Waals surface area contributed by atoms with E-state index in [1.54, 1.807) is 41.7 Å². The third-order valence-corrected chi connectivity index (χ3v) is 6.21. The minimum atomic E-state index is -0.711. The predicted molar refractivity (Wildman–Crippen MR) is 132 cm³/mol. The molecule has 0 unspecified atom stereocenters. The van der Waals surface area contributed by atoms with Gasteiger partial charge in [0.2, 0.25) is 0 Å². The molecule has 7 nitrogen and oxygen atoms in total. The van der Waals surface area contributed by atoms with Crippen LogP contribution in [0.2, 0.25) is 0 Å². The summed E-state index contributed by atoms with van der Waals surface area (Å²) in [5.74, 6) is -0.832. The van der Waals surface area contributed by atoms with Crippen LogP contribution in [0.15, 0.2) is 77.3 Å². The first-order chi connectivity index (χ1) is 16.5. The van der Waals surface area contributed by atoms with Crippen LogP contribution in [0.1, 0.15) is 36.9 Å². The van der Waals surface area contributed by atoms with Gasteiger partial charge in [0.05, 0.1) is 24.5 Å². The van der Waals surface area contributed by atoms with Gasteiger partial charge < -0.3 is 19.3 Å². The van der Waals surface area contributed by atoms with Gasteiger partial charge in [-0.3, -0.25) is 9.59 Å². The first-order valence-corrected chi connectivity index (χ1v) is 12.0. The summed E-state index contributed by atoms with van der Waals surface area (Å²) in [6.45, 7) is 3.59. The summed E-state index contributed by atoms with van der Waals surface area (Å²) in [5.41, 5.74) is 1.28. The van der Waals surface area contributed by atoms with Gasteiger partial charge in [-0.15, -0.1) is 0 Å². The van der Waals surface area contributed by atoms with Crippen LogP contribution >= 0.6 is 15.9 Å². The molecule has 1 saturated heterocycles. The van der Waals surface area contributed by atoms with Crippen molar-refractivity contribution in [3.63, 3.8) is 0 Å². The lowest BCUT2D eigenvalue weighted by atomic mass is 9.95. The first kappa shape index (κ1) is 23.8. The highest BCUT2D eigenvalue weighted by Crippen LogP contribution is 2.40. The summed E-state index contributed by atoms with van der Waals surface area (Å²) in [6, 6.07) is 13.7. The Morgan fingerprint density at radius 2 is 1.94 bits per heavy atom. The van der Waals surface area contributed by atoms with E-state index in [0.29, 0.717) is 43.0 Å². The van der Waals surface area contributed by atoms with E-state index < -0.39 is 17.7 Å². The van der Waals surface area contributed by atoms with E-state index in [2.05, 4.69) is 20.9 Å². The molecule has 3 aromatic rings. The van der Waals surface area contributed by atoms with Gasteiger partial charge in [-0.1, -0.05) is 47.1 Å². The number of ether oxygens (including phenoxy) is 1. The molecule has 34 heavy (non-hydrogen) atoms.